The summed E-state index contributed by atoms with van der Waals surface area (Å²) in [6.45, 7) is 11.8. The summed E-state index contributed by atoms with van der Waals surface area (Å²) in [5.41, 5.74) is 1.85. The van der Waals surface area contributed by atoms with Crippen molar-refractivity contribution in [3.63, 3.8) is 0 Å². The van der Waals surface area contributed by atoms with Gasteiger partial charge in [0, 0.05) is 60.5 Å². The van der Waals surface area contributed by atoms with Crippen LogP contribution in [0.2, 0.25) is 10.0 Å². The number of carbonyl (C=O) groups is 1. The molecule has 0 aliphatic carbocycles. The molecule has 0 radical (unpaired) electrons. The molecule has 8 nitrogen and oxygen atoms in total. The largest absolute Gasteiger partial charge is 0.489 e. The maximum Gasteiger partial charge on any atom is 0.246 e. The van der Waals surface area contributed by atoms with Gasteiger partial charge < -0.3 is 24.6 Å². The minimum Gasteiger partial charge on any atom is -0.489 e. The van der Waals surface area contributed by atoms with Gasteiger partial charge in [0.05, 0.1) is 30.0 Å². The van der Waals surface area contributed by atoms with Gasteiger partial charge in [0.1, 0.15) is 18.3 Å². The number of hydrogen-bond donors (Lipinski definition) is 2. The van der Waals surface area contributed by atoms with Crippen LogP contribution >= 0.6 is 23.2 Å². The van der Waals surface area contributed by atoms with Crippen LogP contribution in [0.25, 0.3) is 11.1 Å². The summed E-state index contributed by atoms with van der Waals surface area (Å²) < 4.78 is 26.9. The van der Waals surface area contributed by atoms with Gasteiger partial charge in [-0.25, -0.2) is 4.39 Å². The molecule has 3 aliphatic rings. The average molecular weight is 605 g/mol. The molecule has 41 heavy (non-hydrogen) atoms. The molecule has 220 valence electrons. The van der Waals surface area contributed by atoms with Crippen LogP contribution in [0, 0.1) is 11.2 Å². The normalized spacial score (nSPS) is 21.1. The minimum absolute atomic E-state index is 0.00723. The Bertz CT molecular complexity index is 1320. The van der Waals surface area contributed by atoms with Crippen molar-refractivity contribution in [2.24, 2.45) is 0 Å². The van der Waals surface area contributed by atoms with Crippen molar-refractivity contribution in [2.75, 3.05) is 64.4 Å². The molecule has 0 spiro atoms. The predicted molar refractivity (Wildman–Crippen MR) is 161 cm³/mol. The van der Waals surface area contributed by atoms with Crippen LogP contribution in [0.15, 0.2) is 36.9 Å². The van der Waals surface area contributed by atoms with Crippen molar-refractivity contribution >= 4 is 40.6 Å². The fourth-order valence-electron chi connectivity index (χ4n) is 5.79. The second kappa shape index (κ2) is 13.0. The van der Waals surface area contributed by atoms with E-state index >= 15 is 4.39 Å². The second-order valence-corrected chi connectivity index (χ2v) is 11.6. The smallest absolute Gasteiger partial charge is 0.246 e. The number of anilines is 1. The van der Waals surface area contributed by atoms with Crippen molar-refractivity contribution in [3.05, 3.63) is 58.3 Å². The minimum atomic E-state index is -0.464. The lowest BCUT2D eigenvalue weighted by molar-refractivity contribution is -0.128. The molecule has 2 atom stereocenters. The van der Waals surface area contributed by atoms with E-state index in [1.165, 1.54) is 18.2 Å². The number of rotatable bonds is 7. The molecule has 0 aromatic heterocycles. The van der Waals surface area contributed by atoms with Crippen LogP contribution < -0.4 is 10.1 Å². The maximum absolute atomic E-state index is 15.1. The summed E-state index contributed by atoms with van der Waals surface area (Å²) in [4.78, 5) is 18.3. The molecule has 3 aliphatic heterocycles. The SMILES string of the molecule is C=CC(=O)N1CCN(C(=N)c2cc(Cl)c(-c3cc(Cl)ccc3F)c3c2N[C@H](CCCN2CCOCC2)CO3)[C@@H](C)C1. The number of nitrogens with one attached hydrogen (secondary N) is 2. The molecule has 11 heteroatoms. The second-order valence-electron chi connectivity index (χ2n) is 10.7. The van der Waals surface area contributed by atoms with E-state index in [0.29, 0.717) is 53.8 Å². The number of piperazine rings is 1. The van der Waals surface area contributed by atoms with Crippen LogP contribution in [0.1, 0.15) is 25.3 Å². The van der Waals surface area contributed by atoms with E-state index in [1.807, 2.05) is 11.8 Å². The van der Waals surface area contributed by atoms with E-state index in [2.05, 4.69) is 16.8 Å². The quantitative estimate of drug-likeness (QED) is 0.259. The van der Waals surface area contributed by atoms with Crippen LogP contribution in [0.3, 0.4) is 0 Å². The maximum atomic E-state index is 15.1. The highest BCUT2D eigenvalue weighted by molar-refractivity contribution is 6.35. The van der Waals surface area contributed by atoms with Gasteiger partial charge in [0.2, 0.25) is 5.91 Å². The van der Waals surface area contributed by atoms with E-state index in [0.717, 1.165) is 45.7 Å². The van der Waals surface area contributed by atoms with Gasteiger partial charge in [-0.15, -0.1) is 0 Å². The van der Waals surface area contributed by atoms with E-state index in [4.69, 9.17) is 32.7 Å². The van der Waals surface area contributed by atoms with Crippen molar-refractivity contribution < 1.29 is 18.7 Å². The number of nitrogens with zero attached hydrogens (tertiary/aromatic N) is 3. The van der Waals surface area contributed by atoms with E-state index in [9.17, 15) is 10.2 Å². The third-order valence-electron chi connectivity index (χ3n) is 8.00. The van der Waals surface area contributed by atoms with E-state index < -0.39 is 5.82 Å². The Hall–Kier alpha value is -2.85. The Labute approximate surface area is 250 Å². The summed E-state index contributed by atoms with van der Waals surface area (Å²) in [6, 6.07) is 5.96. The fraction of sp³-hybridized carbons (Fsp3) is 0.467. The molecule has 2 aromatic rings. The summed E-state index contributed by atoms with van der Waals surface area (Å²) >= 11 is 13.1. The van der Waals surface area contributed by atoms with Crippen LogP contribution in [0.4, 0.5) is 10.1 Å². The lowest BCUT2D eigenvalue weighted by Gasteiger charge is -2.41. The molecule has 2 aromatic carbocycles. The van der Waals surface area contributed by atoms with Gasteiger partial charge >= 0.3 is 0 Å². The van der Waals surface area contributed by atoms with Crippen molar-refractivity contribution in [2.45, 2.75) is 31.8 Å². The van der Waals surface area contributed by atoms with E-state index in [-0.39, 0.29) is 34.4 Å². The number of morpholine rings is 1. The Morgan fingerprint density at radius 2 is 2.00 bits per heavy atom. The summed E-state index contributed by atoms with van der Waals surface area (Å²) in [5, 5.41) is 13.5. The third-order valence-corrected chi connectivity index (χ3v) is 8.53. The number of hydrogen-bond acceptors (Lipinski definition) is 6. The number of amides is 1. The number of halogens is 3. The molecular weight excluding hydrogens is 568 g/mol. The van der Waals surface area contributed by atoms with Crippen LogP contribution in [0.5, 0.6) is 5.75 Å². The first-order valence-corrected chi connectivity index (χ1v) is 14.8. The molecule has 3 heterocycles. The number of fused-ring (bicyclic) bond motifs is 1. The van der Waals surface area contributed by atoms with Gasteiger partial charge in [-0.05, 0) is 56.7 Å². The lowest BCUT2D eigenvalue weighted by Crippen LogP contribution is -2.55. The highest BCUT2D eigenvalue weighted by Crippen LogP contribution is 2.47. The van der Waals surface area contributed by atoms with Crippen molar-refractivity contribution in [1.82, 2.24) is 14.7 Å². The van der Waals surface area contributed by atoms with Gasteiger partial charge in [-0.1, -0.05) is 29.8 Å². The Balaban J connectivity index is 1.45. The highest BCUT2D eigenvalue weighted by atomic mass is 35.5. The molecule has 2 saturated heterocycles. The highest BCUT2D eigenvalue weighted by Gasteiger charge is 2.33. The van der Waals surface area contributed by atoms with Crippen LogP contribution in [-0.2, 0) is 9.53 Å². The molecule has 0 bridgehead atoms. The van der Waals surface area contributed by atoms with Gasteiger partial charge in [0.25, 0.3) is 0 Å². The molecule has 2 fully saturated rings. The van der Waals surface area contributed by atoms with Gasteiger partial charge in [-0.2, -0.15) is 0 Å². The fourth-order valence-corrected chi connectivity index (χ4v) is 6.26. The monoisotopic (exact) mass is 603 g/mol. The number of ether oxygens (including phenoxy) is 2. The first-order chi connectivity index (χ1) is 19.8. The molecule has 1 amide bonds. The Morgan fingerprint density at radius 1 is 1.22 bits per heavy atom. The topological polar surface area (TPSA) is 81.1 Å². The first-order valence-electron chi connectivity index (χ1n) is 14.0. The number of amidine groups is 1. The number of benzene rings is 2. The van der Waals surface area contributed by atoms with Crippen molar-refractivity contribution in [3.8, 4) is 16.9 Å². The predicted octanol–water partition coefficient (Wildman–Crippen LogP) is 5.13. The zero-order chi connectivity index (χ0) is 29.1. The molecule has 5 rings (SSSR count). The third kappa shape index (κ3) is 6.48. The molecule has 2 N–H and O–H groups in total. The lowest BCUT2D eigenvalue weighted by atomic mass is 9.96. The summed E-state index contributed by atoms with van der Waals surface area (Å²) in [5.74, 6) is 0.0982. The average Bonchev–Trinajstić information content (AvgIpc) is 2.98. The first kappa shape index (κ1) is 29.6. The van der Waals surface area contributed by atoms with E-state index in [1.54, 1.807) is 17.0 Å². The molecule has 0 saturated carbocycles. The standard InChI is InChI=1S/C30H36Cl2FN5O3/c1-3-26(39)37-9-10-38(19(2)17-37)30(34)23-16-24(32)27(22-15-20(31)6-7-25(22)33)29-28(23)35-21(18-41-29)5-4-8-36-11-13-40-14-12-36/h3,6-7,15-16,19,21,34-35H,1,4-5,8-14,17-18H2,2H3/t19-,21+/m0/s1. The zero-order valence-electron chi connectivity index (χ0n) is 23.2. The molecular formula is C30H36Cl2FN5O3. The van der Waals surface area contributed by atoms with Crippen molar-refractivity contribution in [1.29, 1.82) is 5.41 Å². The molecule has 0 unspecified atom stereocenters. The van der Waals surface area contributed by atoms with Gasteiger partial charge in [-0.3, -0.25) is 15.1 Å². The van der Waals surface area contributed by atoms with Crippen LogP contribution in [-0.4, -0.2) is 97.6 Å². The Kier molecular flexibility index (Phi) is 9.38. The Morgan fingerprint density at radius 3 is 2.73 bits per heavy atom. The zero-order valence-corrected chi connectivity index (χ0v) is 24.7. The number of carbonyl (C=O) groups excluding carboxylic acids is 1. The van der Waals surface area contributed by atoms with Gasteiger partial charge in [0.15, 0.2) is 5.75 Å². The summed E-state index contributed by atoms with van der Waals surface area (Å²) in [6.07, 6.45) is 3.16. The summed E-state index contributed by atoms with van der Waals surface area (Å²) in [7, 11) is 0.